The van der Waals surface area contributed by atoms with Gasteiger partial charge in [-0.3, -0.25) is 19.6 Å². The van der Waals surface area contributed by atoms with Crippen LogP contribution in [0, 0.1) is 49.4 Å². The quantitative estimate of drug-likeness (QED) is 0.121. The number of furan rings is 2. The van der Waals surface area contributed by atoms with Crippen molar-refractivity contribution in [1.82, 2.24) is 9.97 Å². The second-order valence-electron chi connectivity index (χ2n) is 14.3. The van der Waals surface area contributed by atoms with Gasteiger partial charge in [-0.25, -0.2) is 9.59 Å². The number of aromatic carboxylic acids is 2. The summed E-state index contributed by atoms with van der Waals surface area (Å²) in [6, 6.07) is 50.0. The zero-order valence-electron chi connectivity index (χ0n) is 32.9. The number of benzene rings is 7. The average Bonchev–Trinajstić information content (AvgIpc) is 3.89. The van der Waals surface area contributed by atoms with Crippen LogP contribution in [0.1, 0.15) is 52.6 Å². The molecule has 10 nitrogen and oxygen atoms in total. The molecule has 305 valence electrons. The van der Waals surface area contributed by atoms with Crippen LogP contribution in [-0.2, 0) is 0 Å². The normalized spacial score (nSPS) is 10.8. The third-order valence-electron chi connectivity index (χ3n) is 10.4. The van der Waals surface area contributed by atoms with Gasteiger partial charge in [0.2, 0.25) is 0 Å². The van der Waals surface area contributed by atoms with E-state index in [0.29, 0.717) is 22.3 Å². The van der Waals surface area contributed by atoms with Crippen molar-refractivity contribution in [2.24, 2.45) is 0 Å². The Hall–Kier alpha value is -7.18. The molecule has 0 spiro atoms. The topological polar surface area (TPSA) is 161 Å². The van der Waals surface area contributed by atoms with E-state index in [9.17, 15) is 19.2 Å². The van der Waals surface area contributed by atoms with Crippen molar-refractivity contribution in [3.05, 3.63) is 216 Å². The fourth-order valence-corrected chi connectivity index (χ4v) is 7.28. The van der Waals surface area contributed by atoms with Gasteiger partial charge in [0.15, 0.2) is 11.6 Å². The fourth-order valence-electron chi connectivity index (χ4n) is 7.28. The molecule has 2 N–H and O–H groups in total. The first-order valence-corrected chi connectivity index (χ1v) is 19.4. The van der Waals surface area contributed by atoms with E-state index in [1.807, 2.05) is 72.8 Å². The number of fused-ring (bicyclic) bond motifs is 9. The Morgan fingerprint density at radius 3 is 1.11 bits per heavy atom. The van der Waals surface area contributed by atoms with E-state index in [2.05, 4.69) is 34.2 Å². The van der Waals surface area contributed by atoms with E-state index in [0.717, 1.165) is 65.7 Å². The van der Waals surface area contributed by atoms with Crippen LogP contribution in [-0.4, -0.2) is 43.7 Å². The summed E-state index contributed by atoms with van der Waals surface area (Å²) in [5.74, 6) is -2.33. The van der Waals surface area contributed by atoms with Crippen molar-refractivity contribution in [3.63, 3.8) is 0 Å². The van der Waals surface area contributed by atoms with Crippen LogP contribution in [0.2, 0.25) is 0 Å². The van der Waals surface area contributed by atoms with E-state index in [-0.39, 0.29) is 72.1 Å². The largest absolute Gasteiger partial charge is 0.478 e. The molecule has 1 radical (unpaired) electrons. The maximum absolute atomic E-state index is 12.7. The van der Waals surface area contributed by atoms with Crippen LogP contribution in [0.4, 0.5) is 0 Å². The summed E-state index contributed by atoms with van der Waals surface area (Å²) in [5, 5.41) is 23.8. The predicted molar refractivity (Wildman–Crippen MR) is 238 cm³/mol. The van der Waals surface area contributed by atoms with Gasteiger partial charge >= 0.3 is 11.9 Å². The Bertz CT molecular complexity index is 3290. The van der Waals surface area contributed by atoms with Crippen molar-refractivity contribution in [2.45, 2.75) is 0 Å². The third kappa shape index (κ3) is 8.80. The number of nitrogens with zero attached hydrogens (tertiary/aromatic N) is 2. The molecule has 0 amide bonds. The summed E-state index contributed by atoms with van der Waals surface area (Å²) in [7, 11) is 0. The van der Waals surface area contributed by atoms with Crippen molar-refractivity contribution >= 4 is 89.2 Å². The van der Waals surface area contributed by atoms with Crippen molar-refractivity contribution in [1.29, 1.82) is 0 Å². The van der Waals surface area contributed by atoms with E-state index < -0.39 is 11.9 Å². The number of carbonyl (C=O) groups is 4. The zero-order chi connectivity index (χ0) is 42.7. The number of hydrogen-bond acceptors (Lipinski definition) is 8. The second-order valence-corrected chi connectivity index (χ2v) is 14.3. The molecule has 0 aliphatic heterocycles. The molecule has 11 rings (SSSR count). The first kappa shape index (κ1) is 42.5. The summed E-state index contributed by atoms with van der Waals surface area (Å²) in [6.45, 7) is 0. The van der Waals surface area contributed by atoms with Gasteiger partial charge in [-0.2, -0.15) is 0 Å². The molecule has 0 atom stereocenters. The number of rotatable bonds is 6. The molecule has 0 unspecified atom stereocenters. The van der Waals surface area contributed by atoms with Crippen LogP contribution >= 0.6 is 0 Å². The second kappa shape index (κ2) is 18.4. The van der Waals surface area contributed by atoms with Gasteiger partial charge in [0, 0.05) is 116 Å². The minimum atomic E-state index is -1.01. The SMILES string of the molecule is O=C(O)c1ccc(C(=O)c2ccc3oc4ccccc4c3c2)cc1.O=C(O)c1ccc(C(=O)c2ccc3oc4ccccc4c3c2)cc1.[Eu].c1cnc2c(c1)ccc1cccnc12. The van der Waals surface area contributed by atoms with Crippen LogP contribution in [0.5, 0.6) is 0 Å². The summed E-state index contributed by atoms with van der Waals surface area (Å²) in [4.78, 5) is 55.8. The van der Waals surface area contributed by atoms with Crippen LogP contribution < -0.4 is 0 Å². The van der Waals surface area contributed by atoms with Crippen LogP contribution in [0.15, 0.2) is 191 Å². The van der Waals surface area contributed by atoms with Gasteiger partial charge in [-0.15, -0.1) is 0 Å². The number of carboxylic acid groups (broad SMARTS) is 2. The standard InChI is InChI=1S/2C20H12O4.C12H8N2.Eu/c2*21-19(12-5-7-13(8-6-12)20(22)23)14-9-10-18-16(11-14)15-3-1-2-4-17(15)24-18;1-3-9-5-6-10-4-2-8-14-12(10)11(9)13-7-1;/h2*1-11H,(H,22,23);1-8H;. The summed E-state index contributed by atoms with van der Waals surface area (Å²) in [5.41, 5.74) is 7.27. The molecular weight excluding hydrogens is 933 g/mol. The third-order valence-corrected chi connectivity index (χ3v) is 10.4. The fraction of sp³-hybridized carbons (Fsp3) is 0. The summed E-state index contributed by atoms with van der Waals surface area (Å²) < 4.78 is 11.5. The van der Waals surface area contributed by atoms with Gasteiger partial charge in [0.25, 0.3) is 0 Å². The Kier molecular flexibility index (Phi) is 12.4. The average molecular weight is 965 g/mol. The Balaban J connectivity index is 0.000000133. The monoisotopic (exact) mass is 965 g/mol. The molecule has 11 heteroatoms. The van der Waals surface area contributed by atoms with Gasteiger partial charge in [-0.05, 0) is 84.9 Å². The number of aromatic nitrogens is 2. The molecular formula is C52H32EuN2O8. The number of para-hydroxylation sites is 2. The van der Waals surface area contributed by atoms with E-state index in [1.165, 1.54) is 48.5 Å². The van der Waals surface area contributed by atoms with Gasteiger partial charge in [-0.1, -0.05) is 84.9 Å². The molecule has 7 aromatic carbocycles. The van der Waals surface area contributed by atoms with E-state index in [4.69, 9.17) is 19.0 Å². The number of ketones is 2. The molecule has 0 bridgehead atoms. The molecule has 63 heavy (non-hydrogen) atoms. The molecule has 4 aromatic heterocycles. The van der Waals surface area contributed by atoms with Crippen LogP contribution in [0.3, 0.4) is 0 Å². The van der Waals surface area contributed by atoms with Gasteiger partial charge < -0.3 is 19.0 Å². The molecule has 11 aromatic rings. The first-order valence-electron chi connectivity index (χ1n) is 19.4. The number of carbonyl (C=O) groups excluding carboxylic acids is 2. The van der Waals surface area contributed by atoms with Gasteiger partial charge in [0.1, 0.15) is 22.3 Å². The predicted octanol–water partition coefficient (Wildman–Crippen LogP) is 11.8. The molecule has 0 saturated heterocycles. The smallest absolute Gasteiger partial charge is 0.335 e. The van der Waals surface area contributed by atoms with Crippen molar-refractivity contribution in [3.8, 4) is 0 Å². The minimum absolute atomic E-state index is 0. The first-order chi connectivity index (χ1) is 30.2. The minimum Gasteiger partial charge on any atom is -0.478 e. The van der Waals surface area contributed by atoms with Crippen molar-refractivity contribution in [2.75, 3.05) is 0 Å². The summed E-state index contributed by atoms with van der Waals surface area (Å²) in [6.07, 6.45) is 3.60. The number of hydrogen-bond donors (Lipinski definition) is 2. The zero-order valence-corrected chi connectivity index (χ0v) is 35.4. The molecule has 0 fully saturated rings. The Morgan fingerprint density at radius 2 is 0.714 bits per heavy atom. The number of carboxylic acids is 2. The van der Waals surface area contributed by atoms with Crippen LogP contribution in [0.25, 0.3) is 65.7 Å². The number of pyridine rings is 2. The molecule has 4 heterocycles. The molecule has 0 aliphatic carbocycles. The molecule has 0 saturated carbocycles. The maximum atomic E-state index is 12.7. The Morgan fingerprint density at radius 1 is 0.365 bits per heavy atom. The van der Waals surface area contributed by atoms with Crippen molar-refractivity contribution < 1.29 is 87.6 Å². The molecule has 0 aliphatic rings. The van der Waals surface area contributed by atoms with E-state index >= 15 is 0 Å². The Labute approximate surface area is 399 Å². The van der Waals surface area contributed by atoms with Gasteiger partial charge in [0.05, 0.1) is 22.2 Å². The summed E-state index contributed by atoms with van der Waals surface area (Å²) >= 11 is 0. The maximum Gasteiger partial charge on any atom is 0.335 e. The van der Waals surface area contributed by atoms with E-state index in [1.54, 1.807) is 36.7 Å².